The van der Waals surface area contributed by atoms with Crippen LogP contribution in [-0.4, -0.2) is 13.2 Å². The molecule has 1 aliphatic rings. The molecule has 1 aliphatic carbocycles. The molecule has 0 bridgehead atoms. The van der Waals surface area contributed by atoms with Crippen LogP contribution in [0, 0.1) is 11.8 Å². The van der Waals surface area contributed by atoms with Crippen LogP contribution >= 0.6 is 0 Å². The zero-order chi connectivity index (χ0) is 11.2. The Morgan fingerprint density at radius 3 is 2.25 bits per heavy atom. The Balaban J connectivity index is 1.72. The summed E-state index contributed by atoms with van der Waals surface area (Å²) in [7, 11) is 0. The average Bonchev–Trinajstić information content (AvgIpc) is 2.38. The highest BCUT2D eigenvalue weighted by Gasteiger charge is 2.20. The summed E-state index contributed by atoms with van der Waals surface area (Å²) in [5.74, 6) is 2.47. The third-order valence-corrected chi connectivity index (χ3v) is 3.53. The lowest BCUT2D eigenvalue weighted by Crippen LogP contribution is -2.24. The van der Waals surface area contributed by atoms with Crippen LogP contribution in [0.4, 0.5) is 0 Å². The van der Waals surface area contributed by atoms with Crippen molar-refractivity contribution in [1.82, 2.24) is 0 Å². The normalized spacial score (nSPS) is 25.3. The number of rotatable bonds is 4. The van der Waals surface area contributed by atoms with Gasteiger partial charge in [-0.15, -0.1) is 0 Å². The molecule has 0 heterocycles. The van der Waals surface area contributed by atoms with E-state index in [0.717, 1.165) is 30.7 Å². The number of hydrogen-bond acceptors (Lipinski definition) is 2. The van der Waals surface area contributed by atoms with Gasteiger partial charge in [-0.1, -0.05) is 18.2 Å². The van der Waals surface area contributed by atoms with E-state index in [4.69, 9.17) is 10.5 Å². The summed E-state index contributed by atoms with van der Waals surface area (Å²) in [6.45, 7) is 1.72. The highest BCUT2D eigenvalue weighted by molar-refractivity contribution is 5.20. The van der Waals surface area contributed by atoms with Crippen molar-refractivity contribution in [2.75, 3.05) is 13.2 Å². The molecule has 0 amide bonds. The smallest absolute Gasteiger partial charge is 0.119 e. The van der Waals surface area contributed by atoms with E-state index in [1.54, 1.807) is 0 Å². The van der Waals surface area contributed by atoms with Crippen molar-refractivity contribution >= 4 is 0 Å². The Morgan fingerprint density at radius 2 is 1.62 bits per heavy atom. The van der Waals surface area contributed by atoms with E-state index in [2.05, 4.69) is 0 Å². The zero-order valence-corrected chi connectivity index (χ0v) is 9.77. The molecule has 2 N–H and O–H groups in total. The van der Waals surface area contributed by atoms with Crippen LogP contribution in [0.5, 0.6) is 5.75 Å². The Bertz CT molecular complexity index is 291. The van der Waals surface area contributed by atoms with Crippen LogP contribution < -0.4 is 10.5 Å². The van der Waals surface area contributed by atoms with Crippen molar-refractivity contribution in [2.45, 2.75) is 25.7 Å². The predicted octanol–water partition coefficient (Wildman–Crippen LogP) is 2.83. The highest BCUT2D eigenvalue weighted by Crippen LogP contribution is 2.28. The molecule has 0 aromatic heterocycles. The van der Waals surface area contributed by atoms with E-state index in [-0.39, 0.29) is 0 Å². The van der Waals surface area contributed by atoms with Crippen molar-refractivity contribution in [1.29, 1.82) is 0 Å². The number of para-hydroxylation sites is 1. The second-order valence-corrected chi connectivity index (χ2v) is 4.75. The molecule has 0 unspecified atom stereocenters. The third kappa shape index (κ3) is 3.24. The molecular weight excluding hydrogens is 198 g/mol. The lowest BCUT2D eigenvalue weighted by Gasteiger charge is -2.27. The Hall–Kier alpha value is -1.02. The molecule has 1 aromatic carbocycles. The topological polar surface area (TPSA) is 35.2 Å². The van der Waals surface area contributed by atoms with Gasteiger partial charge in [0, 0.05) is 0 Å². The predicted molar refractivity (Wildman–Crippen MR) is 66.4 cm³/mol. The number of nitrogens with two attached hydrogens (primary N) is 1. The summed E-state index contributed by atoms with van der Waals surface area (Å²) in [6, 6.07) is 10.1. The summed E-state index contributed by atoms with van der Waals surface area (Å²) in [4.78, 5) is 0. The highest BCUT2D eigenvalue weighted by atomic mass is 16.5. The third-order valence-electron chi connectivity index (χ3n) is 3.53. The number of benzene rings is 1. The van der Waals surface area contributed by atoms with Crippen molar-refractivity contribution in [3.05, 3.63) is 30.3 Å². The number of hydrogen-bond donors (Lipinski definition) is 1. The van der Waals surface area contributed by atoms with Crippen molar-refractivity contribution in [3.8, 4) is 5.75 Å². The van der Waals surface area contributed by atoms with Crippen molar-refractivity contribution < 1.29 is 4.74 Å². The van der Waals surface area contributed by atoms with Crippen LogP contribution in [0.25, 0.3) is 0 Å². The summed E-state index contributed by atoms with van der Waals surface area (Å²) in [6.07, 6.45) is 5.10. The average molecular weight is 219 g/mol. The quantitative estimate of drug-likeness (QED) is 0.845. The minimum absolute atomic E-state index is 0.725. The maximum atomic E-state index is 5.78. The minimum Gasteiger partial charge on any atom is -0.493 e. The van der Waals surface area contributed by atoms with Crippen LogP contribution in [0.3, 0.4) is 0 Å². The monoisotopic (exact) mass is 219 g/mol. The molecule has 1 fully saturated rings. The molecule has 88 valence electrons. The zero-order valence-electron chi connectivity index (χ0n) is 9.77. The van der Waals surface area contributed by atoms with Gasteiger partial charge in [0.25, 0.3) is 0 Å². The van der Waals surface area contributed by atoms with Crippen molar-refractivity contribution in [3.63, 3.8) is 0 Å². The minimum atomic E-state index is 0.725. The van der Waals surface area contributed by atoms with Crippen LogP contribution in [0.2, 0.25) is 0 Å². The lowest BCUT2D eigenvalue weighted by atomic mass is 9.82. The summed E-state index contributed by atoms with van der Waals surface area (Å²) in [5.41, 5.74) is 5.68. The first-order valence-electron chi connectivity index (χ1n) is 6.26. The van der Waals surface area contributed by atoms with E-state index in [1.807, 2.05) is 30.3 Å². The SMILES string of the molecule is NC[C@H]1CC[C@@H](COc2ccccc2)CC1. The van der Waals surface area contributed by atoms with Gasteiger partial charge in [0.05, 0.1) is 6.61 Å². The summed E-state index contributed by atoms with van der Waals surface area (Å²) in [5, 5.41) is 0. The maximum absolute atomic E-state index is 5.78. The lowest BCUT2D eigenvalue weighted by molar-refractivity contribution is 0.185. The fourth-order valence-corrected chi connectivity index (χ4v) is 2.36. The Labute approximate surface area is 97.8 Å². The molecule has 2 nitrogen and oxygen atoms in total. The molecule has 2 rings (SSSR count). The van der Waals surface area contributed by atoms with Gasteiger partial charge in [-0.05, 0) is 56.2 Å². The van der Waals surface area contributed by atoms with Gasteiger partial charge in [-0.2, -0.15) is 0 Å². The Morgan fingerprint density at radius 1 is 1.00 bits per heavy atom. The fraction of sp³-hybridized carbons (Fsp3) is 0.571. The molecular formula is C14H21NO. The first-order valence-corrected chi connectivity index (χ1v) is 6.26. The van der Waals surface area contributed by atoms with E-state index in [1.165, 1.54) is 25.7 Å². The molecule has 16 heavy (non-hydrogen) atoms. The second-order valence-electron chi connectivity index (χ2n) is 4.75. The van der Waals surface area contributed by atoms with Gasteiger partial charge in [0.1, 0.15) is 5.75 Å². The Kier molecular flexibility index (Phi) is 4.23. The van der Waals surface area contributed by atoms with Crippen LogP contribution in [-0.2, 0) is 0 Å². The van der Waals surface area contributed by atoms with Crippen LogP contribution in [0.1, 0.15) is 25.7 Å². The molecule has 0 radical (unpaired) electrons. The van der Waals surface area contributed by atoms with Gasteiger partial charge in [0.15, 0.2) is 0 Å². The van der Waals surface area contributed by atoms with Gasteiger partial charge in [0.2, 0.25) is 0 Å². The summed E-state index contributed by atoms with van der Waals surface area (Å²) < 4.78 is 5.78. The molecule has 1 saturated carbocycles. The van der Waals surface area contributed by atoms with Gasteiger partial charge in [-0.3, -0.25) is 0 Å². The molecule has 0 aliphatic heterocycles. The van der Waals surface area contributed by atoms with Gasteiger partial charge in [-0.25, -0.2) is 0 Å². The summed E-state index contributed by atoms with van der Waals surface area (Å²) >= 11 is 0. The van der Waals surface area contributed by atoms with E-state index >= 15 is 0 Å². The fourth-order valence-electron chi connectivity index (χ4n) is 2.36. The van der Waals surface area contributed by atoms with Gasteiger partial charge < -0.3 is 10.5 Å². The van der Waals surface area contributed by atoms with E-state index in [0.29, 0.717) is 0 Å². The standard InChI is InChI=1S/C14H21NO/c15-10-12-6-8-13(9-7-12)11-16-14-4-2-1-3-5-14/h1-5,12-13H,6-11,15H2/t12-,13+. The van der Waals surface area contributed by atoms with Gasteiger partial charge >= 0.3 is 0 Å². The van der Waals surface area contributed by atoms with E-state index in [9.17, 15) is 0 Å². The first-order chi connectivity index (χ1) is 7.88. The maximum Gasteiger partial charge on any atom is 0.119 e. The molecule has 2 heteroatoms. The molecule has 0 spiro atoms. The second kappa shape index (κ2) is 5.90. The van der Waals surface area contributed by atoms with Crippen LogP contribution in [0.15, 0.2) is 30.3 Å². The first kappa shape index (κ1) is 11.5. The number of ether oxygens (including phenoxy) is 1. The largest absolute Gasteiger partial charge is 0.493 e. The molecule has 0 saturated heterocycles. The van der Waals surface area contributed by atoms with E-state index < -0.39 is 0 Å². The molecule has 1 aromatic rings. The van der Waals surface area contributed by atoms with Crippen molar-refractivity contribution in [2.24, 2.45) is 17.6 Å². The molecule has 0 atom stereocenters.